The highest BCUT2D eigenvalue weighted by atomic mass is 32.2. The molecule has 1 aliphatic carbocycles. The summed E-state index contributed by atoms with van der Waals surface area (Å²) in [5.41, 5.74) is 1.62. The number of benzene rings is 1. The van der Waals surface area contributed by atoms with Crippen molar-refractivity contribution in [2.45, 2.75) is 76.8 Å². The zero-order chi connectivity index (χ0) is 22.9. The summed E-state index contributed by atoms with van der Waals surface area (Å²) in [5, 5.41) is 5.71. The Labute approximate surface area is 190 Å². The molecule has 1 aromatic carbocycles. The van der Waals surface area contributed by atoms with Crippen LogP contribution in [0.5, 0.6) is 0 Å². The molecule has 31 heavy (non-hydrogen) atoms. The highest BCUT2D eigenvalue weighted by Gasteiger charge is 2.24. The third-order valence-corrected chi connectivity index (χ3v) is 6.17. The van der Waals surface area contributed by atoms with E-state index in [4.69, 9.17) is 4.74 Å². The lowest BCUT2D eigenvalue weighted by molar-refractivity contribution is -0.150. The van der Waals surface area contributed by atoms with Crippen LogP contribution in [0.25, 0.3) is 0 Å². The van der Waals surface area contributed by atoms with Gasteiger partial charge in [0.15, 0.2) is 6.61 Å². The van der Waals surface area contributed by atoms with Crippen molar-refractivity contribution in [2.75, 3.05) is 18.6 Å². The van der Waals surface area contributed by atoms with Gasteiger partial charge in [0.1, 0.15) is 6.04 Å². The van der Waals surface area contributed by atoms with Crippen molar-refractivity contribution < 1.29 is 19.1 Å². The van der Waals surface area contributed by atoms with Crippen LogP contribution in [-0.2, 0) is 19.7 Å². The molecule has 2 amide bonds. The number of hydrogen-bond acceptors (Lipinski definition) is 5. The fraction of sp³-hybridized carbons (Fsp3) is 0.625. The van der Waals surface area contributed by atoms with Gasteiger partial charge < -0.3 is 15.4 Å². The molecule has 1 saturated carbocycles. The highest BCUT2D eigenvalue weighted by Crippen LogP contribution is 2.22. The second-order valence-corrected chi connectivity index (χ2v) is 10.1. The maximum atomic E-state index is 12.7. The van der Waals surface area contributed by atoms with Gasteiger partial charge >= 0.3 is 5.97 Å². The lowest BCUT2D eigenvalue weighted by Crippen LogP contribution is -2.44. The molecule has 0 bridgehead atoms. The molecular formula is C24H36N2O4S. The first-order valence-electron chi connectivity index (χ1n) is 11.1. The van der Waals surface area contributed by atoms with Gasteiger partial charge in [-0.1, -0.05) is 52.2 Å². The van der Waals surface area contributed by atoms with Crippen molar-refractivity contribution in [3.05, 3.63) is 35.4 Å². The number of nitrogens with one attached hydrogen (secondary N) is 2. The predicted molar refractivity (Wildman–Crippen MR) is 125 cm³/mol. The average Bonchev–Trinajstić information content (AvgIpc) is 2.75. The summed E-state index contributed by atoms with van der Waals surface area (Å²) in [7, 11) is 0. The Balaban J connectivity index is 1.91. The van der Waals surface area contributed by atoms with Crippen LogP contribution in [0.1, 0.15) is 75.2 Å². The standard InChI is InChI=1S/C24H36N2O4S/c1-24(2,3)18-12-10-17(11-13-18)22(28)26-20(14-15-31-4)23(29)30-16-21(27)25-19-8-6-5-7-9-19/h10-13,19-20H,5-9,14-16H2,1-4H3,(H,25,27)(H,26,28)/t20-/m0/s1. The predicted octanol–water partition coefficient (Wildman–Crippen LogP) is 3.83. The number of ether oxygens (including phenoxy) is 1. The summed E-state index contributed by atoms with van der Waals surface area (Å²) < 4.78 is 5.23. The van der Waals surface area contributed by atoms with Crippen molar-refractivity contribution in [1.29, 1.82) is 0 Å². The molecule has 0 saturated heterocycles. The molecule has 6 nitrogen and oxygen atoms in total. The lowest BCUT2D eigenvalue weighted by Gasteiger charge is -2.23. The smallest absolute Gasteiger partial charge is 0.329 e. The number of rotatable bonds is 9. The quantitative estimate of drug-likeness (QED) is 0.561. The molecule has 0 heterocycles. The molecule has 0 aliphatic heterocycles. The van der Waals surface area contributed by atoms with E-state index in [1.54, 1.807) is 23.9 Å². The molecule has 0 spiro atoms. The molecule has 7 heteroatoms. The Morgan fingerprint density at radius 2 is 1.74 bits per heavy atom. The summed E-state index contributed by atoms with van der Waals surface area (Å²) >= 11 is 1.58. The van der Waals surface area contributed by atoms with E-state index < -0.39 is 12.0 Å². The molecule has 172 valence electrons. The summed E-state index contributed by atoms with van der Waals surface area (Å²) in [5.74, 6) is -0.493. The van der Waals surface area contributed by atoms with E-state index in [2.05, 4.69) is 31.4 Å². The van der Waals surface area contributed by atoms with E-state index >= 15 is 0 Å². The Bertz CT molecular complexity index is 737. The van der Waals surface area contributed by atoms with Crippen LogP contribution in [0, 0.1) is 0 Å². The Morgan fingerprint density at radius 3 is 2.32 bits per heavy atom. The number of carbonyl (C=O) groups excluding carboxylic acids is 3. The fourth-order valence-electron chi connectivity index (χ4n) is 3.60. The van der Waals surface area contributed by atoms with Crippen LogP contribution >= 0.6 is 11.8 Å². The number of carbonyl (C=O) groups is 3. The van der Waals surface area contributed by atoms with Gasteiger partial charge in [-0.15, -0.1) is 0 Å². The van der Waals surface area contributed by atoms with Gasteiger partial charge in [-0.2, -0.15) is 11.8 Å². The number of hydrogen-bond donors (Lipinski definition) is 2. The molecule has 1 fully saturated rings. The van der Waals surface area contributed by atoms with Crippen molar-refractivity contribution >= 4 is 29.5 Å². The molecular weight excluding hydrogens is 412 g/mol. The summed E-state index contributed by atoms with van der Waals surface area (Å²) in [6.45, 7) is 6.02. The monoisotopic (exact) mass is 448 g/mol. The summed E-state index contributed by atoms with van der Waals surface area (Å²) in [4.78, 5) is 37.4. The summed E-state index contributed by atoms with van der Waals surface area (Å²) in [6.07, 6.45) is 7.76. The zero-order valence-electron chi connectivity index (χ0n) is 19.2. The van der Waals surface area contributed by atoms with Crippen molar-refractivity contribution in [3.8, 4) is 0 Å². The normalized spacial score (nSPS) is 15.7. The van der Waals surface area contributed by atoms with Crippen LogP contribution in [0.4, 0.5) is 0 Å². The van der Waals surface area contributed by atoms with Gasteiger partial charge in [0, 0.05) is 11.6 Å². The highest BCUT2D eigenvalue weighted by molar-refractivity contribution is 7.98. The van der Waals surface area contributed by atoms with E-state index in [1.807, 2.05) is 18.4 Å². The maximum Gasteiger partial charge on any atom is 0.329 e. The first kappa shape index (κ1) is 25.2. The first-order valence-corrected chi connectivity index (χ1v) is 12.5. The minimum atomic E-state index is -0.787. The van der Waals surface area contributed by atoms with Gasteiger partial charge in [0.05, 0.1) is 0 Å². The third kappa shape index (κ3) is 8.56. The lowest BCUT2D eigenvalue weighted by atomic mass is 9.86. The van der Waals surface area contributed by atoms with E-state index in [0.717, 1.165) is 31.2 Å². The van der Waals surface area contributed by atoms with Crippen LogP contribution < -0.4 is 10.6 Å². The van der Waals surface area contributed by atoms with Gasteiger partial charge in [-0.25, -0.2) is 4.79 Å². The van der Waals surface area contributed by atoms with Crippen LogP contribution in [0.15, 0.2) is 24.3 Å². The van der Waals surface area contributed by atoms with Gasteiger partial charge in [0.25, 0.3) is 11.8 Å². The van der Waals surface area contributed by atoms with Gasteiger partial charge in [0.2, 0.25) is 0 Å². The minimum absolute atomic E-state index is 0.00209. The third-order valence-electron chi connectivity index (χ3n) is 5.53. The van der Waals surface area contributed by atoms with E-state index in [-0.39, 0.29) is 29.9 Å². The fourth-order valence-corrected chi connectivity index (χ4v) is 4.07. The average molecular weight is 449 g/mol. The van der Waals surface area contributed by atoms with Gasteiger partial charge in [-0.3, -0.25) is 9.59 Å². The van der Waals surface area contributed by atoms with Crippen LogP contribution in [0.2, 0.25) is 0 Å². The van der Waals surface area contributed by atoms with Crippen LogP contribution in [0.3, 0.4) is 0 Å². The summed E-state index contributed by atoms with van der Waals surface area (Å²) in [6, 6.07) is 6.78. The Hall–Kier alpha value is -2.02. The molecule has 0 unspecified atom stereocenters. The minimum Gasteiger partial charge on any atom is -0.454 e. The maximum absolute atomic E-state index is 12.7. The Kier molecular flexibility index (Phi) is 9.88. The van der Waals surface area contributed by atoms with E-state index in [1.165, 1.54) is 6.42 Å². The molecule has 1 aliphatic rings. The number of thioether (sulfide) groups is 1. The molecule has 1 atom stereocenters. The largest absolute Gasteiger partial charge is 0.454 e. The molecule has 0 aromatic heterocycles. The second kappa shape index (κ2) is 12.1. The number of amides is 2. The van der Waals surface area contributed by atoms with E-state index in [0.29, 0.717) is 17.7 Å². The van der Waals surface area contributed by atoms with Crippen molar-refractivity contribution in [3.63, 3.8) is 0 Å². The van der Waals surface area contributed by atoms with Crippen LogP contribution in [-0.4, -0.2) is 48.5 Å². The van der Waals surface area contributed by atoms with Crippen molar-refractivity contribution in [2.24, 2.45) is 0 Å². The topological polar surface area (TPSA) is 84.5 Å². The second-order valence-electron chi connectivity index (χ2n) is 9.15. The molecule has 2 N–H and O–H groups in total. The number of esters is 1. The Morgan fingerprint density at radius 1 is 1.10 bits per heavy atom. The SMILES string of the molecule is CSCC[C@H](NC(=O)c1ccc(C(C)(C)C)cc1)C(=O)OCC(=O)NC1CCCCC1. The van der Waals surface area contributed by atoms with Gasteiger partial charge in [-0.05, 0) is 54.4 Å². The molecule has 2 rings (SSSR count). The van der Waals surface area contributed by atoms with Crippen molar-refractivity contribution in [1.82, 2.24) is 10.6 Å². The van der Waals surface area contributed by atoms with E-state index in [9.17, 15) is 14.4 Å². The molecule has 1 aromatic rings. The molecule has 0 radical (unpaired) electrons. The zero-order valence-corrected chi connectivity index (χ0v) is 20.0. The first-order chi connectivity index (χ1) is 14.7.